The van der Waals surface area contributed by atoms with Gasteiger partial charge in [0.05, 0.1) is 23.7 Å². The van der Waals surface area contributed by atoms with Gasteiger partial charge in [-0.15, -0.1) is 11.3 Å². The van der Waals surface area contributed by atoms with Gasteiger partial charge in [-0.2, -0.15) is 0 Å². The summed E-state index contributed by atoms with van der Waals surface area (Å²) in [6, 6.07) is 12.1. The molecule has 1 aromatic heterocycles. The molecule has 0 fully saturated rings. The molecule has 4 rings (SSSR count). The molecule has 0 bridgehead atoms. The van der Waals surface area contributed by atoms with Gasteiger partial charge >= 0.3 is 6.03 Å². The van der Waals surface area contributed by atoms with Crippen molar-refractivity contribution >= 4 is 40.3 Å². The molecule has 0 radical (unpaired) electrons. The largest absolute Gasteiger partial charge is 0.497 e. The molecule has 2 heterocycles. The standard InChI is InChI=1S/C23H26N6O3S/c1-28(2)14-6-4-13(5-7-14)26-23(31)29-11-10-18-20(33-22(27-18)21(25)30)19(29)16-12-15(32-3)8-9-17(16)24/h4-9,12,19H,10-11,24H2,1-3H3,(H2,25,30)(H,26,31). The minimum absolute atomic E-state index is 0.216. The van der Waals surface area contributed by atoms with Crippen molar-refractivity contribution in [1.82, 2.24) is 9.88 Å². The van der Waals surface area contributed by atoms with E-state index in [0.29, 0.717) is 35.7 Å². The lowest BCUT2D eigenvalue weighted by Crippen LogP contribution is -2.42. The number of nitrogens with zero attached hydrogens (tertiary/aromatic N) is 3. The fourth-order valence-corrected chi connectivity index (χ4v) is 4.94. The van der Waals surface area contributed by atoms with Gasteiger partial charge in [0.2, 0.25) is 0 Å². The van der Waals surface area contributed by atoms with Crippen molar-refractivity contribution in [3.63, 3.8) is 0 Å². The summed E-state index contributed by atoms with van der Waals surface area (Å²) in [5.74, 6) is 0.0225. The van der Waals surface area contributed by atoms with Crippen molar-refractivity contribution in [2.24, 2.45) is 5.73 Å². The molecule has 1 unspecified atom stereocenters. The number of nitrogens with two attached hydrogens (primary N) is 2. The SMILES string of the molecule is COc1ccc(N)c(C2c3sc(C(N)=O)nc3CCN2C(=O)Nc2ccc(N(C)C)cc2)c1. The van der Waals surface area contributed by atoms with Crippen molar-refractivity contribution in [3.05, 3.63) is 63.6 Å². The van der Waals surface area contributed by atoms with Gasteiger partial charge in [-0.3, -0.25) is 4.79 Å². The highest BCUT2D eigenvalue weighted by Crippen LogP contribution is 2.42. The van der Waals surface area contributed by atoms with Gasteiger partial charge in [0, 0.05) is 49.7 Å². The number of ether oxygens (including phenoxy) is 1. The van der Waals surface area contributed by atoms with Crippen LogP contribution in [0.25, 0.3) is 0 Å². The Kier molecular flexibility index (Phi) is 6.10. The number of benzene rings is 2. The second-order valence-electron chi connectivity index (χ2n) is 7.91. The average molecular weight is 467 g/mol. The Hall–Kier alpha value is -3.79. The molecule has 3 aromatic rings. The van der Waals surface area contributed by atoms with Crippen LogP contribution >= 0.6 is 11.3 Å². The maximum atomic E-state index is 13.4. The first kappa shape index (κ1) is 22.4. The quantitative estimate of drug-likeness (QED) is 0.496. The third-order valence-electron chi connectivity index (χ3n) is 5.57. The van der Waals surface area contributed by atoms with Crippen LogP contribution in [0.15, 0.2) is 42.5 Å². The fraction of sp³-hybridized carbons (Fsp3) is 0.261. The first-order valence-corrected chi connectivity index (χ1v) is 11.2. The molecule has 2 aromatic carbocycles. The second kappa shape index (κ2) is 8.99. The number of hydrogen-bond acceptors (Lipinski definition) is 7. The summed E-state index contributed by atoms with van der Waals surface area (Å²) >= 11 is 1.19. The van der Waals surface area contributed by atoms with Crippen molar-refractivity contribution in [2.75, 3.05) is 43.7 Å². The van der Waals surface area contributed by atoms with Gasteiger partial charge in [0.25, 0.3) is 5.91 Å². The number of aromatic nitrogens is 1. The third-order valence-corrected chi connectivity index (χ3v) is 6.74. The van der Waals surface area contributed by atoms with Crippen LogP contribution in [0.3, 0.4) is 0 Å². The van der Waals surface area contributed by atoms with Crippen LogP contribution in [0.1, 0.15) is 32.0 Å². The maximum absolute atomic E-state index is 13.4. The summed E-state index contributed by atoms with van der Waals surface area (Å²) in [5.41, 5.74) is 15.5. The van der Waals surface area contributed by atoms with E-state index < -0.39 is 11.9 Å². The molecule has 0 saturated heterocycles. The number of nitrogen functional groups attached to an aromatic ring is 1. The first-order chi connectivity index (χ1) is 15.8. The van der Waals surface area contributed by atoms with Crippen LogP contribution in [-0.2, 0) is 6.42 Å². The molecule has 10 heteroatoms. The Morgan fingerprint density at radius 2 is 1.94 bits per heavy atom. The fourth-order valence-electron chi connectivity index (χ4n) is 3.84. The Labute approximate surface area is 196 Å². The van der Waals surface area contributed by atoms with E-state index in [-0.39, 0.29) is 11.0 Å². The molecule has 3 amide bonds. The second-order valence-corrected chi connectivity index (χ2v) is 8.94. The van der Waals surface area contributed by atoms with Gasteiger partial charge in [0.1, 0.15) is 5.75 Å². The highest BCUT2D eigenvalue weighted by atomic mass is 32.1. The summed E-state index contributed by atoms with van der Waals surface area (Å²) in [6.07, 6.45) is 0.506. The first-order valence-electron chi connectivity index (χ1n) is 10.4. The van der Waals surface area contributed by atoms with E-state index in [4.69, 9.17) is 16.2 Å². The predicted octanol–water partition coefficient (Wildman–Crippen LogP) is 3.08. The summed E-state index contributed by atoms with van der Waals surface area (Å²) in [6.45, 7) is 0.401. The topological polar surface area (TPSA) is 127 Å². The Bertz CT molecular complexity index is 1190. The van der Waals surface area contributed by atoms with E-state index in [1.165, 1.54) is 11.3 Å². The summed E-state index contributed by atoms with van der Waals surface area (Å²) in [5, 5.41) is 3.19. The van der Waals surface area contributed by atoms with Gasteiger partial charge in [-0.25, -0.2) is 9.78 Å². The van der Waals surface area contributed by atoms with Gasteiger partial charge in [-0.05, 0) is 42.5 Å². The van der Waals surface area contributed by atoms with E-state index in [1.54, 1.807) is 24.1 Å². The zero-order valence-corrected chi connectivity index (χ0v) is 19.5. The highest BCUT2D eigenvalue weighted by Gasteiger charge is 2.36. The number of amides is 3. The third kappa shape index (κ3) is 4.42. The molecule has 5 N–H and O–H groups in total. The number of hydrogen-bond donors (Lipinski definition) is 3. The van der Waals surface area contributed by atoms with Crippen molar-refractivity contribution in [1.29, 1.82) is 0 Å². The van der Waals surface area contributed by atoms with Crippen molar-refractivity contribution in [3.8, 4) is 5.75 Å². The number of urea groups is 1. The van der Waals surface area contributed by atoms with Gasteiger partial charge < -0.3 is 31.3 Å². The number of thiazole rings is 1. The molecular formula is C23H26N6O3S. The Morgan fingerprint density at radius 1 is 1.21 bits per heavy atom. The summed E-state index contributed by atoms with van der Waals surface area (Å²) in [7, 11) is 5.48. The van der Waals surface area contributed by atoms with Crippen LogP contribution in [0, 0.1) is 0 Å². The van der Waals surface area contributed by atoms with E-state index in [0.717, 1.165) is 16.3 Å². The van der Waals surface area contributed by atoms with Gasteiger partial charge in [0.15, 0.2) is 5.01 Å². The number of fused-ring (bicyclic) bond motifs is 1. The number of primary amides is 1. The van der Waals surface area contributed by atoms with E-state index in [9.17, 15) is 9.59 Å². The molecule has 1 aliphatic heterocycles. The number of methoxy groups -OCH3 is 1. The summed E-state index contributed by atoms with van der Waals surface area (Å²) < 4.78 is 5.39. The smallest absolute Gasteiger partial charge is 0.322 e. The highest BCUT2D eigenvalue weighted by molar-refractivity contribution is 7.13. The molecule has 0 saturated carbocycles. The number of nitrogens with one attached hydrogen (secondary N) is 1. The monoisotopic (exact) mass is 466 g/mol. The molecule has 1 aliphatic rings. The van der Waals surface area contributed by atoms with Crippen LogP contribution in [0.2, 0.25) is 0 Å². The molecule has 1 atom stereocenters. The number of carbonyl (C=O) groups excluding carboxylic acids is 2. The molecular weight excluding hydrogens is 440 g/mol. The van der Waals surface area contributed by atoms with Crippen molar-refractivity contribution in [2.45, 2.75) is 12.5 Å². The minimum Gasteiger partial charge on any atom is -0.497 e. The zero-order chi connectivity index (χ0) is 23.7. The van der Waals surface area contributed by atoms with E-state index in [1.807, 2.05) is 49.3 Å². The van der Waals surface area contributed by atoms with Crippen LogP contribution < -0.4 is 26.4 Å². The zero-order valence-electron chi connectivity index (χ0n) is 18.7. The lowest BCUT2D eigenvalue weighted by Gasteiger charge is -2.36. The van der Waals surface area contributed by atoms with E-state index >= 15 is 0 Å². The Balaban J connectivity index is 1.72. The minimum atomic E-state index is -0.594. The maximum Gasteiger partial charge on any atom is 0.322 e. The van der Waals surface area contributed by atoms with Crippen LogP contribution in [0.5, 0.6) is 5.75 Å². The number of rotatable bonds is 5. The number of carbonyl (C=O) groups is 2. The van der Waals surface area contributed by atoms with E-state index in [2.05, 4.69) is 10.3 Å². The lowest BCUT2D eigenvalue weighted by molar-refractivity contribution is 0.0999. The predicted molar refractivity (Wildman–Crippen MR) is 130 cm³/mol. The Morgan fingerprint density at radius 3 is 2.58 bits per heavy atom. The molecule has 0 aliphatic carbocycles. The van der Waals surface area contributed by atoms with Crippen molar-refractivity contribution < 1.29 is 14.3 Å². The van der Waals surface area contributed by atoms with Gasteiger partial charge in [-0.1, -0.05) is 0 Å². The normalized spacial score (nSPS) is 15.0. The molecule has 9 nitrogen and oxygen atoms in total. The average Bonchev–Trinajstić information content (AvgIpc) is 3.24. The molecule has 0 spiro atoms. The number of anilines is 3. The van der Waals surface area contributed by atoms with Crippen LogP contribution in [0.4, 0.5) is 21.9 Å². The molecule has 172 valence electrons. The lowest BCUT2D eigenvalue weighted by atomic mass is 9.96. The summed E-state index contributed by atoms with van der Waals surface area (Å²) in [4.78, 5) is 34.1. The van der Waals surface area contributed by atoms with Crippen LogP contribution in [-0.4, -0.2) is 49.6 Å². The molecule has 33 heavy (non-hydrogen) atoms.